The zero-order chi connectivity index (χ0) is 20.6. The summed E-state index contributed by atoms with van der Waals surface area (Å²) < 4.78 is 5.90. The van der Waals surface area contributed by atoms with Crippen LogP contribution in [0.4, 0.5) is 0 Å². The van der Waals surface area contributed by atoms with Gasteiger partial charge in [0.05, 0.1) is 12.6 Å². The van der Waals surface area contributed by atoms with Crippen LogP contribution in [0.3, 0.4) is 0 Å². The van der Waals surface area contributed by atoms with E-state index in [1.165, 1.54) is 12.1 Å². The number of aromatic hydroxyl groups is 1. The van der Waals surface area contributed by atoms with Crippen LogP contribution in [0.15, 0.2) is 64.0 Å². The van der Waals surface area contributed by atoms with Crippen molar-refractivity contribution in [2.45, 2.75) is 19.9 Å². The number of guanidine groups is 1. The summed E-state index contributed by atoms with van der Waals surface area (Å²) in [4.78, 5) is 16.6. The van der Waals surface area contributed by atoms with Gasteiger partial charge in [0.25, 0.3) is 5.91 Å². The number of hydrogen-bond donors (Lipinski definition) is 4. The highest BCUT2D eigenvalue weighted by Gasteiger charge is 2.13. The summed E-state index contributed by atoms with van der Waals surface area (Å²) >= 11 is 0. The quantitative estimate of drug-likeness (QED) is 0.164. The van der Waals surface area contributed by atoms with Crippen molar-refractivity contribution < 1.29 is 14.3 Å². The van der Waals surface area contributed by atoms with Crippen molar-refractivity contribution in [2.24, 2.45) is 4.99 Å². The van der Waals surface area contributed by atoms with Crippen LogP contribution < -0.4 is 16.0 Å². The Hall–Kier alpha value is -2.75. The first-order chi connectivity index (χ1) is 14.1. The molecular weight excluding hydrogens is 495 g/mol. The maximum absolute atomic E-state index is 12.1. The van der Waals surface area contributed by atoms with Crippen molar-refractivity contribution >= 4 is 46.8 Å². The van der Waals surface area contributed by atoms with Crippen molar-refractivity contribution in [1.29, 1.82) is 0 Å². The monoisotopic (exact) mass is 522 g/mol. The fraction of sp³-hybridized carbons (Fsp3) is 0.273. The van der Waals surface area contributed by atoms with Gasteiger partial charge in [0.15, 0.2) is 5.96 Å². The number of halogens is 1. The molecule has 0 aliphatic carbocycles. The molecule has 0 aliphatic rings. The van der Waals surface area contributed by atoms with Gasteiger partial charge in [0.1, 0.15) is 17.1 Å². The summed E-state index contributed by atoms with van der Waals surface area (Å²) in [5, 5.41) is 19.7. The van der Waals surface area contributed by atoms with Crippen LogP contribution in [0.5, 0.6) is 5.75 Å². The number of nitrogens with one attached hydrogen (secondary N) is 3. The third kappa shape index (κ3) is 6.38. The third-order valence-electron chi connectivity index (χ3n) is 4.37. The summed E-state index contributed by atoms with van der Waals surface area (Å²) in [5.41, 5.74) is 1.35. The number of aliphatic imine (C=N–C) groups is 1. The Morgan fingerprint density at radius 2 is 1.87 bits per heavy atom. The molecule has 1 unspecified atom stereocenters. The molecule has 0 saturated carbocycles. The van der Waals surface area contributed by atoms with Crippen LogP contribution in [0.1, 0.15) is 36.0 Å². The molecule has 0 aliphatic heterocycles. The number of fused-ring (bicyclic) bond motifs is 1. The largest absolute Gasteiger partial charge is 0.508 e. The summed E-state index contributed by atoms with van der Waals surface area (Å²) in [7, 11) is 0. The third-order valence-corrected chi connectivity index (χ3v) is 4.37. The highest BCUT2D eigenvalue weighted by atomic mass is 127. The number of carbonyl (C=O) groups excluding carboxylic acids is 1. The Bertz CT molecular complexity index is 952. The first kappa shape index (κ1) is 23.5. The summed E-state index contributed by atoms with van der Waals surface area (Å²) in [5.74, 6) is 1.41. The lowest BCUT2D eigenvalue weighted by Gasteiger charge is -2.16. The maximum Gasteiger partial charge on any atom is 0.251 e. The second kappa shape index (κ2) is 11.4. The van der Waals surface area contributed by atoms with E-state index in [1.54, 1.807) is 12.1 Å². The molecule has 2 aromatic carbocycles. The molecule has 1 amide bonds. The van der Waals surface area contributed by atoms with Crippen LogP contribution >= 0.6 is 24.0 Å². The number of benzene rings is 2. The number of phenolic OH excluding ortho intramolecular Hbond substituents is 1. The highest BCUT2D eigenvalue weighted by molar-refractivity contribution is 14.0. The van der Waals surface area contributed by atoms with Gasteiger partial charge in [-0.2, -0.15) is 0 Å². The molecule has 0 spiro atoms. The molecule has 8 heteroatoms. The number of phenols is 1. The molecule has 0 fully saturated rings. The molecule has 0 saturated heterocycles. The zero-order valence-electron chi connectivity index (χ0n) is 17.0. The minimum atomic E-state index is -0.200. The predicted molar refractivity (Wildman–Crippen MR) is 130 cm³/mol. The first-order valence-electron chi connectivity index (χ1n) is 9.67. The molecular formula is C22H27IN4O3. The minimum Gasteiger partial charge on any atom is -0.508 e. The van der Waals surface area contributed by atoms with Gasteiger partial charge in [-0.25, -0.2) is 0 Å². The number of nitrogens with zero attached hydrogens (tertiary/aromatic N) is 1. The topological polar surface area (TPSA) is 98.9 Å². The van der Waals surface area contributed by atoms with E-state index in [0.717, 1.165) is 23.3 Å². The minimum absolute atomic E-state index is 0. The smallest absolute Gasteiger partial charge is 0.251 e. The number of carbonyl (C=O) groups is 1. The van der Waals surface area contributed by atoms with Crippen LogP contribution in [0.25, 0.3) is 11.0 Å². The molecule has 30 heavy (non-hydrogen) atoms. The summed E-state index contributed by atoms with van der Waals surface area (Å²) in [6.07, 6.45) is 0. The van der Waals surface area contributed by atoms with Crippen molar-refractivity contribution in [2.75, 3.05) is 19.6 Å². The Morgan fingerprint density at radius 3 is 2.57 bits per heavy atom. The molecule has 160 valence electrons. The van der Waals surface area contributed by atoms with Gasteiger partial charge in [-0.05, 0) is 50.2 Å². The highest BCUT2D eigenvalue weighted by Crippen LogP contribution is 2.23. The fourth-order valence-electron chi connectivity index (χ4n) is 2.86. The number of furan rings is 1. The number of amides is 1. The number of para-hydroxylation sites is 1. The van der Waals surface area contributed by atoms with E-state index in [2.05, 4.69) is 20.9 Å². The van der Waals surface area contributed by atoms with Crippen molar-refractivity contribution in [3.63, 3.8) is 0 Å². The van der Waals surface area contributed by atoms with Crippen molar-refractivity contribution in [3.05, 3.63) is 65.9 Å². The van der Waals surface area contributed by atoms with Gasteiger partial charge >= 0.3 is 0 Å². The summed E-state index contributed by atoms with van der Waals surface area (Å²) in [6.45, 7) is 5.55. The van der Waals surface area contributed by atoms with Crippen molar-refractivity contribution in [1.82, 2.24) is 16.0 Å². The van der Waals surface area contributed by atoms with E-state index in [4.69, 9.17) is 4.42 Å². The average Bonchev–Trinajstić information content (AvgIpc) is 3.16. The molecule has 3 aromatic rings. The van der Waals surface area contributed by atoms with E-state index in [1.807, 2.05) is 44.2 Å². The lowest BCUT2D eigenvalue weighted by Crippen LogP contribution is -2.39. The maximum atomic E-state index is 12.1. The van der Waals surface area contributed by atoms with E-state index in [-0.39, 0.29) is 41.7 Å². The Kier molecular flexibility index (Phi) is 8.97. The molecule has 0 bridgehead atoms. The van der Waals surface area contributed by atoms with E-state index >= 15 is 0 Å². The normalized spacial score (nSPS) is 12.1. The molecule has 1 atom stereocenters. The Labute approximate surface area is 193 Å². The Morgan fingerprint density at radius 1 is 1.13 bits per heavy atom. The van der Waals surface area contributed by atoms with Crippen LogP contribution in [0, 0.1) is 0 Å². The molecule has 3 rings (SSSR count). The lowest BCUT2D eigenvalue weighted by molar-refractivity contribution is 0.0955. The molecule has 4 N–H and O–H groups in total. The molecule has 0 radical (unpaired) electrons. The summed E-state index contributed by atoms with van der Waals surface area (Å²) in [6, 6.07) is 16.0. The first-order valence-corrected chi connectivity index (χ1v) is 9.67. The van der Waals surface area contributed by atoms with Gasteiger partial charge in [-0.3, -0.25) is 9.79 Å². The SMILES string of the molecule is CCNC(=NCCNC(=O)c1ccc(O)cc1)NC(C)c1cc2ccccc2o1.I. The lowest BCUT2D eigenvalue weighted by atomic mass is 10.2. The van der Waals surface area contributed by atoms with Crippen LogP contribution in [-0.2, 0) is 0 Å². The van der Waals surface area contributed by atoms with Gasteiger partial charge in [-0.1, -0.05) is 18.2 Å². The Balaban J connectivity index is 0.00000320. The fourth-order valence-corrected chi connectivity index (χ4v) is 2.86. The number of rotatable bonds is 7. The molecule has 1 heterocycles. The standard InChI is InChI=1S/C22H26N4O3.HI/c1-3-23-22(25-13-12-24-21(28)16-8-10-18(27)11-9-16)26-15(2)20-14-17-6-4-5-7-19(17)29-20;/h4-11,14-15,27H,3,12-13H2,1-2H3,(H,24,28)(H2,23,25,26);1H. The van der Waals surface area contributed by atoms with Crippen LogP contribution in [0.2, 0.25) is 0 Å². The molecule has 1 aromatic heterocycles. The van der Waals surface area contributed by atoms with Crippen LogP contribution in [-0.4, -0.2) is 36.6 Å². The van der Waals surface area contributed by atoms with E-state index in [9.17, 15) is 9.90 Å². The van der Waals surface area contributed by atoms with Gasteiger partial charge in [0.2, 0.25) is 0 Å². The average molecular weight is 522 g/mol. The number of hydrogen-bond acceptors (Lipinski definition) is 4. The van der Waals surface area contributed by atoms with Gasteiger partial charge < -0.3 is 25.5 Å². The van der Waals surface area contributed by atoms with E-state index < -0.39 is 0 Å². The van der Waals surface area contributed by atoms with E-state index in [0.29, 0.717) is 24.6 Å². The van der Waals surface area contributed by atoms with Gasteiger partial charge in [-0.15, -0.1) is 24.0 Å². The van der Waals surface area contributed by atoms with Gasteiger partial charge in [0, 0.05) is 24.0 Å². The second-order valence-corrected chi connectivity index (χ2v) is 6.62. The zero-order valence-corrected chi connectivity index (χ0v) is 19.3. The van der Waals surface area contributed by atoms with Crippen molar-refractivity contribution in [3.8, 4) is 5.75 Å². The predicted octanol–water partition coefficient (Wildman–Crippen LogP) is 3.80. The second-order valence-electron chi connectivity index (χ2n) is 6.62. The molecule has 7 nitrogen and oxygen atoms in total.